The Kier molecular flexibility index (Phi) is 5.70. The number of nitrogens with zero attached hydrogens (tertiary/aromatic N) is 1. The van der Waals surface area contributed by atoms with Gasteiger partial charge in [-0.1, -0.05) is 36.2 Å². The fraction of sp³-hybridized carbons (Fsp3) is 0.533. The second-order valence-corrected chi connectivity index (χ2v) is 5.99. The van der Waals surface area contributed by atoms with E-state index in [0.29, 0.717) is 29.2 Å². The average molecular weight is 315 g/mol. The smallest absolute Gasteiger partial charge is 0.237 e. The lowest BCUT2D eigenvalue weighted by Crippen LogP contribution is -2.39. The van der Waals surface area contributed by atoms with Crippen LogP contribution in [0.15, 0.2) is 18.2 Å². The number of hydrogen-bond acceptors (Lipinski definition) is 2. The van der Waals surface area contributed by atoms with Crippen LogP contribution in [0, 0.1) is 0 Å². The number of carbonyl (C=O) groups is 1. The Bertz CT molecular complexity index is 475. The molecule has 2 rings (SSSR count). The van der Waals surface area contributed by atoms with E-state index >= 15 is 0 Å². The van der Waals surface area contributed by atoms with Gasteiger partial charge in [-0.25, -0.2) is 0 Å². The summed E-state index contributed by atoms with van der Waals surface area (Å²) in [4.78, 5) is 14.2. The second-order valence-electron chi connectivity index (χ2n) is 5.18. The molecule has 1 aromatic carbocycles. The third kappa shape index (κ3) is 4.37. The van der Waals surface area contributed by atoms with E-state index in [1.54, 1.807) is 6.07 Å². The van der Waals surface area contributed by atoms with Gasteiger partial charge in [-0.15, -0.1) is 0 Å². The lowest BCUT2D eigenvalue weighted by molar-refractivity contribution is -0.131. The van der Waals surface area contributed by atoms with Crippen LogP contribution < -0.4 is 5.32 Å². The normalized spacial score (nSPS) is 14.3. The highest BCUT2D eigenvalue weighted by molar-refractivity contribution is 6.42. The Morgan fingerprint density at radius 2 is 2.10 bits per heavy atom. The molecule has 5 heteroatoms. The molecule has 1 fully saturated rings. The summed E-state index contributed by atoms with van der Waals surface area (Å²) in [6, 6.07) is 5.94. The number of hydrogen-bond donors (Lipinski definition) is 1. The van der Waals surface area contributed by atoms with E-state index in [1.807, 2.05) is 17.0 Å². The van der Waals surface area contributed by atoms with Crippen molar-refractivity contribution < 1.29 is 4.79 Å². The van der Waals surface area contributed by atoms with Gasteiger partial charge in [-0.05, 0) is 43.5 Å². The average Bonchev–Trinajstić information content (AvgIpc) is 3.24. The van der Waals surface area contributed by atoms with Crippen LogP contribution in [-0.4, -0.2) is 29.9 Å². The van der Waals surface area contributed by atoms with Crippen molar-refractivity contribution in [2.45, 2.75) is 38.8 Å². The minimum absolute atomic E-state index is 0.159. The molecule has 20 heavy (non-hydrogen) atoms. The first-order valence-corrected chi connectivity index (χ1v) is 7.81. The van der Waals surface area contributed by atoms with Gasteiger partial charge in [0.05, 0.1) is 16.6 Å². The van der Waals surface area contributed by atoms with E-state index in [2.05, 4.69) is 12.2 Å². The molecule has 1 N–H and O–H groups in total. The summed E-state index contributed by atoms with van der Waals surface area (Å²) in [5.74, 6) is 0.159. The van der Waals surface area contributed by atoms with E-state index in [0.717, 1.165) is 31.4 Å². The first-order chi connectivity index (χ1) is 9.61. The van der Waals surface area contributed by atoms with Crippen molar-refractivity contribution >= 4 is 29.1 Å². The van der Waals surface area contributed by atoms with E-state index in [-0.39, 0.29) is 5.91 Å². The third-order valence-corrected chi connectivity index (χ3v) is 4.09. The van der Waals surface area contributed by atoms with Crippen LogP contribution in [0.25, 0.3) is 0 Å². The lowest BCUT2D eigenvalue weighted by Gasteiger charge is -2.23. The van der Waals surface area contributed by atoms with Crippen LogP contribution in [0.1, 0.15) is 31.7 Å². The van der Waals surface area contributed by atoms with Gasteiger partial charge in [-0.3, -0.25) is 4.79 Å². The Morgan fingerprint density at radius 3 is 2.70 bits per heavy atom. The van der Waals surface area contributed by atoms with Crippen molar-refractivity contribution in [1.82, 2.24) is 10.2 Å². The van der Waals surface area contributed by atoms with Gasteiger partial charge in [0.1, 0.15) is 0 Å². The molecule has 1 saturated carbocycles. The van der Waals surface area contributed by atoms with E-state index in [9.17, 15) is 4.79 Å². The van der Waals surface area contributed by atoms with E-state index < -0.39 is 0 Å². The Hall–Kier alpha value is -0.770. The van der Waals surface area contributed by atoms with Crippen molar-refractivity contribution in [3.63, 3.8) is 0 Å². The zero-order chi connectivity index (χ0) is 14.5. The molecular weight excluding hydrogens is 295 g/mol. The summed E-state index contributed by atoms with van der Waals surface area (Å²) in [6.45, 7) is 3.97. The minimum atomic E-state index is 0.159. The monoisotopic (exact) mass is 314 g/mol. The number of carbonyl (C=O) groups excluding carboxylic acids is 1. The Labute approximate surface area is 130 Å². The molecule has 0 unspecified atom stereocenters. The molecule has 1 aliphatic rings. The quantitative estimate of drug-likeness (QED) is 0.781. The summed E-state index contributed by atoms with van der Waals surface area (Å²) < 4.78 is 0. The van der Waals surface area contributed by atoms with Gasteiger partial charge in [0.15, 0.2) is 0 Å². The van der Waals surface area contributed by atoms with Crippen LogP contribution in [-0.2, 0) is 11.3 Å². The molecule has 0 spiro atoms. The predicted octanol–water partition coefficient (Wildman–Crippen LogP) is 3.48. The topological polar surface area (TPSA) is 32.3 Å². The van der Waals surface area contributed by atoms with Crippen molar-refractivity contribution in [1.29, 1.82) is 0 Å². The van der Waals surface area contributed by atoms with Gasteiger partial charge in [0, 0.05) is 12.6 Å². The van der Waals surface area contributed by atoms with Crippen molar-refractivity contribution in [3.05, 3.63) is 33.8 Å². The predicted molar refractivity (Wildman–Crippen MR) is 83.2 cm³/mol. The number of nitrogens with one attached hydrogen (secondary N) is 1. The van der Waals surface area contributed by atoms with Crippen LogP contribution in [0.4, 0.5) is 0 Å². The van der Waals surface area contributed by atoms with Crippen LogP contribution in [0.3, 0.4) is 0 Å². The first-order valence-electron chi connectivity index (χ1n) is 7.06. The maximum absolute atomic E-state index is 12.3. The zero-order valence-electron chi connectivity index (χ0n) is 11.7. The molecule has 0 aromatic heterocycles. The molecule has 0 radical (unpaired) electrons. The molecule has 0 bridgehead atoms. The largest absolute Gasteiger partial charge is 0.334 e. The Balaban J connectivity index is 1.98. The number of rotatable bonds is 7. The summed E-state index contributed by atoms with van der Waals surface area (Å²) in [5.41, 5.74) is 1.02. The molecule has 3 nitrogen and oxygen atoms in total. The minimum Gasteiger partial charge on any atom is -0.334 e. The standard InChI is InChI=1S/C15H20Cl2N2O/c1-2-7-18-9-15(20)19(12-4-5-12)10-11-3-6-13(16)14(17)8-11/h3,6,8,12,18H,2,4-5,7,9-10H2,1H3. The van der Waals surface area contributed by atoms with Crippen LogP contribution in [0.5, 0.6) is 0 Å². The molecule has 110 valence electrons. The van der Waals surface area contributed by atoms with Crippen molar-refractivity contribution in [2.75, 3.05) is 13.1 Å². The first kappa shape index (κ1) is 15.6. The van der Waals surface area contributed by atoms with Crippen LogP contribution >= 0.6 is 23.2 Å². The van der Waals surface area contributed by atoms with Gasteiger partial charge in [0.25, 0.3) is 0 Å². The molecule has 0 atom stereocenters. The Morgan fingerprint density at radius 1 is 1.35 bits per heavy atom. The molecule has 0 aliphatic heterocycles. The summed E-state index contributed by atoms with van der Waals surface area (Å²) in [5, 5.41) is 4.25. The maximum Gasteiger partial charge on any atom is 0.237 e. The second kappa shape index (κ2) is 7.30. The zero-order valence-corrected chi connectivity index (χ0v) is 13.2. The van der Waals surface area contributed by atoms with Crippen molar-refractivity contribution in [2.24, 2.45) is 0 Å². The summed E-state index contributed by atoms with van der Waals surface area (Å²) >= 11 is 11.9. The molecular formula is C15H20Cl2N2O. The van der Waals surface area contributed by atoms with E-state index in [4.69, 9.17) is 23.2 Å². The third-order valence-electron chi connectivity index (χ3n) is 3.35. The highest BCUT2D eigenvalue weighted by Gasteiger charge is 2.32. The molecule has 1 amide bonds. The highest BCUT2D eigenvalue weighted by atomic mass is 35.5. The number of halogens is 2. The summed E-state index contributed by atoms with van der Waals surface area (Å²) in [7, 11) is 0. The van der Waals surface area contributed by atoms with Gasteiger partial charge in [0.2, 0.25) is 5.91 Å². The fourth-order valence-corrected chi connectivity index (χ4v) is 2.44. The fourth-order valence-electron chi connectivity index (χ4n) is 2.12. The van der Waals surface area contributed by atoms with Crippen LogP contribution in [0.2, 0.25) is 10.0 Å². The summed E-state index contributed by atoms with van der Waals surface area (Å²) in [6.07, 6.45) is 3.23. The van der Waals surface area contributed by atoms with Gasteiger partial charge in [-0.2, -0.15) is 0 Å². The maximum atomic E-state index is 12.3. The number of amides is 1. The van der Waals surface area contributed by atoms with Gasteiger partial charge < -0.3 is 10.2 Å². The number of benzene rings is 1. The highest BCUT2D eigenvalue weighted by Crippen LogP contribution is 2.30. The van der Waals surface area contributed by atoms with Crippen molar-refractivity contribution in [3.8, 4) is 0 Å². The SMILES string of the molecule is CCCNCC(=O)N(Cc1ccc(Cl)c(Cl)c1)C1CC1. The molecule has 0 heterocycles. The van der Waals surface area contributed by atoms with E-state index in [1.165, 1.54) is 0 Å². The molecule has 1 aliphatic carbocycles. The molecule has 0 saturated heterocycles. The molecule has 1 aromatic rings. The van der Waals surface area contributed by atoms with Gasteiger partial charge >= 0.3 is 0 Å². The lowest BCUT2D eigenvalue weighted by atomic mass is 10.2.